The van der Waals surface area contributed by atoms with Crippen LogP contribution in [0.2, 0.25) is 0 Å². The third kappa shape index (κ3) is 4.51. The first-order chi connectivity index (χ1) is 17.5. The molecule has 0 atom stereocenters. The molecular weight excluding hydrogens is 449 g/mol. The number of nitrogens with zero attached hydrogens (tertiary/aromatic N) is 3. The molecule has 0 radical (unpaired) electrons. The number of hydrogen-bond acceptors (Lipinski definition) is 3. The first-order valence-electron chi connectivity index (χ1n) is 11.8. The highest BCUT2D eigenvalue weighted by molar-refractivity contribution is 6.00. The molecule has 5 rings (SSSR count). The fraction of sp³-hybridized carbons (Fsp3) is 0.133. The van der Waals surface area contributed by atoms with E-state index in [9.17, 15) is 4.39 Å². The van der Waals surface area contributed by atoms with Gasteiger partial charge in [0.15, 0.2) is 0 Å². The molecule has 0 aliphatic rings. The van der Waals surface area contributed by atoms with Gasteiger partial charge in [0.25, 0.3) is 0 Å². The van der Waals surface area contributed by atoms with Crippen LogP contribution in [0, 0.1) is 5.82 Å². The maximum atomic E-state index is 13.5. The third-order valence-electron chi connectivity index (χ3n) is 6.19. The summed E-state index contributed by atoms with van der Waals surface area (Å²) >= 11 is 0. The Bertz CT molecular complexity index is 1620. The lowest BCUT2D eigenvalue weighted by atomic mass is 10.0. The highest BCUT2D eigenvalue weighted by Gasteiger charge is 2.15. The molecule has 0 fully saturated rings. The molecule has 5 aromatic rings. The second-order valence-electron chi connectivity index (χ2n) is 9.03. The van der Waals surface area contributed by atoms with Crippen molar-refractivity contribution in [3.63, 3.8) is 0 Å². The fourth-order valence-electron chi connectivity index (χ4n) is 4.45. The van der Waals surface area contributed by atoms with Gasteiger partial charge in [-0.05, 0) is 85.8 Å². The average Bonchev–Trinajstić information content (AvgIpc) is 3.50. The molecule has 3 aromatic heterocycles. The van der Waals surface area contributed by atoms with Gasteiger partial charge >= 0.3 is 0 Å². The van der Waals surface area contributed by atoms with Crippen LogP contribution in [-0.4, -0.2) is 45.7 Å². The molecule has 0 bridgehead atoms. The molecule has 5 nitrogen and oxygen atoms in total. The highest BCUT2D eigenvalue weighted by atomic mass is 19.1. The van der Waals surface area contributed by atoms with Gasteiger partial charge < -0.3 is 9.88 Å². The van der Waals surface area contributed by atoms with E-state index in [0.29, 0.717) is 0 Å². The minimum absolute atomic E-state index is 0.247. The van der Waals surface area contributed by atoms with Crippen molar-refractivity contribution in [1.29, 1.82) is 0 Å². The van der Waals surface area contributed by atoms with Gasteiger partial charge in [-0.2, -0.15) is 5.10 Å². The zero-order chi connectivity index (χ0) is 25.2. The number of allylic oxidation sites excluding steroid dienone is 3. The first kappa shape index (κ1) is 23.5. The van der Waals surface area contributed by atoms with Crippen molar-refractivity contribution in [2.24, 2.45) is 0 Å². The summed E-state index contributed by atoms with van der Waals surface area (Å²) in [7, 11) is 4.08. The predicted octanol–water partition coefficient (Wildman–Crippen LogP) is 6.99. The van der Waals surface area contributed by atoms with Crippen LogP contribution in [0.5, 0.6) is 0 Å². The normalized spacial score (nSPS) is 12.7. The molecule has 0 spiro atoms. The van der Waals surface area contributed by atoms with Crippen molar-refractivity contribution in [1.82, 2.24) is 25.1 Å². The lowest BCUT2D eigenvalue weighted by Crippen LogP contribution is -2.14. The number of H-pyrrole nitrogens is 2. The summed E-state index contributed by atoms with van der Waals surface area (Å²) in [6, 6.07) is 18.7. The minimum atomic E-state index is -0.247. The minimum Gasteiger partial charge on any atom is -0.353 e. The lowest BCUT2D eigenvalue weighted by molar-refractivity contribution is 0.449. The number of pyridine rings is 1. The summed E-state index contributed by atoms with van der Waals surface area (Å²) in [6.45, 7) is 6.77. The molecular formula is C30H28FN5. The van der Waals surface area contributed by atoms with Gasteiger partial charge in [0, 0.05) is 17.4 Å². The van der Waals surface area contributed by atoms with E-state index < -0.39 is 0 Å². The van der Waals surface area contributed by atoms with Crippen LogP contribution in [-0.2, 0) is 0 Å². The smallest absolute Gasteiger partial charge is 0.135 e. The number of halogens is 1. The highest BCUT2D eigenvalue weighted by Crippen LogP contribution is 2.34. The number of rotatable bonds is 7. The Balaban J connectivity index is 1.58. The monoisotopic (exact) mass is 477 g/mol. The van der Waals surface area contributed by atoms with Crippen molar-refractivity contribution >= 4 is 27.5 Å². The fourth-order valence-corrected chi connectivity index (χ4v) is 4.45. The van der Waals surface area contributed by atoms with Crippen LogP contribution in [0.1, 0.15) is 12.6 Å². The topological polar surface area (TPSA) is 60.6 Å². The van der Waals surface area contributed by atoms with Gasteiger partial charge in [0.1, 0.15) is 17.0 Å². The number of likely N-dealkylation sites (N-methyl/N-ethyl adjacent to an activating group) is 1. The van der Waals surface area contributed by atoms with Crippen LogP contribution in [0.25, 0.3) is 50.0 Å². The van der Waals surface area contributed by atoms with E-state index in [4.69, 9.17) is 4.98 Å². The summed E-state index contributed by atoms with van der Waals surface area (Å²) in [6.07, 6.45) is 6.07. The van der Waals surface area contributed by atoms with Gasteiger partial charge in [0.2, 0.25) is 0 Å². The number of nitrogens with one attached hydrogen (secondary N) is 2. The molecule has 3 heterocycles. The molecule has 36 heavy (non-hydrogen) atoms. The Morgan fingerprint density at radius 1 is 1.06 bits per heavy atom. The quantitative estimate of drug-likeness (QED) is 0.248. The molecule has 2 aromatic carbocycles. The Hall–Kier alpha value is -4.29. The maximum Gasteiger partial charge on any atom is 0.135 e. The van der Waals surface area contributed by atoms with E-state index >= 15 is 0 Å². The van der Waals surface area contributed by atoms with Crippen molar-refractivity contribution < 1.29 is 4.39 Å². The van der Waals surface area contributed by atoms with E-state index in [0.717, 1.165) is 67.8 Å². The van der Waals surface area contributed by atoms with Gasteiger partial charge in [-0.3, -0.25) is 5.10 Å². The van der Waals surface area contributed by atoms with Gasteiger partial charge in [-0.15, -0.1) is 0 Å². The Labute approximate surface area is 209 Å². The summed E-state index contributed by atoms with van der Waals surface area (Å²) in [5.41, 5.74) is 9.26. The third-order valence-corrected chi connectivity index (χ3v) is 6.19. The van der Waals surface area contributed by atoms with Crippen LogP contribution in [0.15, 0.2) is 91.0 Å². The van der Waals surface area contributed by atoms with Gasteiger partial charge in [-0.1, -0.05) is 43.0 Å². The molecule has 2 N–H and O–H groups in total. The molecule has 0 unspecified atom stereocenters. The maximum absolute atomic E-state index is 13.5. The van der Waals surface area contributed by atoms with Crippen molar-refractivity contribution in [2.45, 2.75) is 6.92 Å². The van der Waals surface area contributed by atoms with Crippen LogP contribution in [0.3, 0.4) is 0 Å². The van der Waals surface area contributed by atoms with Crippen LogP contribution >= 0.6 is 0 Å². The molecule has 180 valence electrons. The molecule has 0 aliphatic heterocycles. The molecule has 0 saturated heterocycles. The average molecular weight is 478 g/mol. The Morgan fingerprint density at radius 2 is 1.86 bits per heavy atom. The van der Waals surface area contributed by atoms with E-state index in [1.165, 1.54) is 12.1 Å². The van der Waals surface area contributed by atoms with Crippen molar-refractivity contribution in [3.05, 3.63) is 103 Å². The van der Waals surface area contributed by atoms with Crippen LogP contribution < -0.4 is 0 Å². The largest absolute Gasteiger partial charge is 0.353 e. The first-order valence-corrected chi connectivity index (χ1v) is 11.8. The van der Waals surface area contributed by atoms with Gasteiger partial charge in [0.05, 0.1) is 16.9 Å². The van der Waals surface area contributed by atoms with E-state index in [-0.39, 0.29) is 5.82 Å². The van der Waals surface area contributed by atoms with Crippen molar-refractivity contribution in [3.8, 4) is 22.5 Å². The predicted molar refractivity (Wildman–Crippen MR) is 147 cm³/mol. The summed E-state index contributed by atoms with van der Waals surface area (Å²) in [4.78, 5) is 10.6. The molecule has 6 heteroatoms. The number of aromatic nitrogens is 4. The second-order valence-corrected chi connectivity index (χ2v) is 9.03. The standard InChI is InChI=1S/C30H28FN5/c1-5-19(18-36(3)4)16-20(6-2)25-14-15-27-29(33-25)30(35-34-27)28-17-24-23(8-7-9-26(24)32-28)21-10-12-22(31)13-11-21/h5-17,32H,1,18H2,2-4H3,(H,34,35)/b19-16+,20-6+. The number of aromatic amines is 2. The second kappa shape index (κ2) is 9.76. The van der Waals surface area contributed by atoms with Crippen molar-refractivity contribution in [2.75, 3.05) is 20.6 Å². The van der Waals surface area contributed by atoms with Gasteiger partial charge in [-0.25, -0.2) is 9.37 Å². The number of hydrogen-bond donors (Lipinski definition) is 2. The molecule has 0 saturated carbocycles. The Morgan fingerprint density at radius 3 is 2.58 bits per heavy atom. The summed E-state index contributed by atoms with van der Waals surface area (Å²) in [5, 5.41) is 8.75. The summed E-state index contributed by atoms with van der Waals surface area (Å²) < 4.78 is 13.5. The summed E-state index contributed by atoms with van der Waals surface area (Å²) in [5.74, 6) is -0.247. The van der Waals surface area contributed by atoms with E-state index in [1.807, 2.05) is 57.4 Å². The number of fused-ring (bicyclic) bond motifs is 2. The molecule has 0 aliphatic carbocycles. The lowest BCUT2D eigenvalue weighted by Gasteiger charge is -2.11. The van der Waals surface area contributed by atoms with E-state index in [1.54, 1.807) is 12.1 Å². The zero-order valence-corrected chi connectivity index (χ0v) is 20.6. The SMILES string of the molecule is C=C/C(=C\C(=C/C)c1ccc2[nH]nc(-c3cc4c(-c5ccc(F)cc5)cccc4[nH]3)c2n1)CN(C)C. The Kier molecular flexibility index (Phi) is 6.36. The van der Waals surface area contributed by atoms with E-state index in [2.05, 4.69) is 44.9 Å². The number of benzene rings is 2. The zero-order valence-electron chi connectivity index (χ0n) is 20.6. The molecule has 0 amide bonds. The van der Waals surface area contributed by atoms with Crippen LogP contribution in [0.4, 0.5) is 4.39 Å².